The van der Waals surface area contributed by atoms with Crippen molar-refractivity contribution in [2.75, 3.05) is 18.4 Å². The predicted molar refractivity (Wildman–Crippen MR) is 119 cm³/mol. The summed E-state index contributed by atoms with van der Waals surface area (Å²) in [4.78, 5) is 14.4. The van der Waals surface area contributed by atoms with Crippen LogP contribution in [-0.2, 0) is 13.2 Å². The van der Waals surface area contributed by atoms with Crippen LogP contribution in [0.15, 0.2) is 72.8 Å². The minimum Gasteiger partial charge on any atom is -0.504 e. The van der Waals surface area contributed by atoms with Crippen molar-refractivity contribution in [3.8, 4) is 11.5 Å². The normalized spacial score (nSPS) is 11.2. The molecule has 0 aliphatic heterocycles. The first-order valence-corrected chi connectivity index (χ1v) is 10.2. The zero-order valence-corrected chi connectivity index (χ0v) is 17.7. The van der Waals surface area contributed by atoms with Gasteiger partial charge in [-0.3, -0.25) is 10.1 Å². The number of para-hydroxylation sites is 1. The molecule has 33 heavy (non-hydrogen) atoms. The van der Waals surface area contributed by atoms with Gasteiger partial charge < -0.3 is 20.5 Å². The number of hydrogen-bond donors (Lipinski definition) is 3. The molecule has 0 saturated carbocycles. The average molecular weight is 459 g/mol. The van der Waals surface area contributed by atoms with Crippen LogP contribution in [0.25, 0.3) is 0 Å². The monoisotopic (exact) mass is 459 g/mol. The van der Waals surface area contributed by atoms with Gasteiger partial charge in [0.05, 0.1) is 0 Å². The Kier molecular flexibility index (Phi) is 7.78. The number of nitrogens with zero attached hydrogens (tertiary/aromatic N) is 1. The Balaban J connectivity index is 1.75. The summed E-state index contributed by atoms with van der Waals surface area (Å²) in [7, 11) is 0. The highest BCUT2D eigenvalue weighted by molar-refractivity contribution is 5.95. The molecule has 0 aliphatic carbocycles. The van der Waals surface area contributed by atoms with E-state index in [2.05, 4.69) is 0 Å². The number of phenolic OH excluding ortho intramolecular Hbond substituents is 1. The van der Waals surface area contributed by atoms with Crippen LogP contribution in [0.1, 0.15) is 21.5 Å². The molecule has 174 valence electrons. The second kappa shape index (κ2) is 10.7. The Morgan fingerprint density at radius 1 is 1.03 bits per heavy atom. The van der Waals surface area contributed by atoms with E-state index in [9.17, 15) is 23.1 Å². The molecule has 0 spiro atoms. The van der Waals surface area contributed by atoms with Crippen LogP contribution in [0.2, 0.25) is 0 Å². The number of halogens is 3. The fourth-order valence-corrected chi connectivity index (χ4v) is 3.24. The maximum Gasteiger partial charge on any atom is 0.482 e. The highest BCUT2D eigenvalue weighted by Gasteiger charge is 2.28. The Hall–Kier alpha value is -3.72. The number of anilines is 1. The molecule has 0 bridgehead atoms. The van der Waals surface area contributed by atoms with E-state index in [0.29, 0.717) is 0 Å². The summed E-state index contributed by atoms with van der Waals surface area (Å²) >= 11 is 0. The lowest BCUT2D eigenvalue weighted by Gasteiger charge is -2.24. The van der Waals surface area contributed by atoms with Gasteiger partial charge in [-0.15, -0.1) is 0 Å². The van der Waals surface area contributed by atoms with Crippen LogP contribution >= 0.6 is 0 Å². The van der Waals surface area contributed by atoms with Crippen molar-refractivity contribution in [2.24, 2.45) is 5.73 Å². The van der Waals surface area contributed by atoms with Crippen LogP contribution in [0.3, 0.4) is 0 Å². The molecular formula is C24H24F3N3O3. The fourth-order valence-electron chi connectivity index (χ4n) is 3.24. The minimum atomic E-state index is -4.61. The van der Waals surface area contributed by atoms with Gasteiger partial charge in [-0.1, -0.05) is 48.5 Å². The summed E-state index contributed by atoms with van der Waals surface area (Å²) in [6, 6.07) is 19.5. The highest BCUT2D eigenvalue weighted by Crippen LogP contribution is 2.29. The molecule has 0 heterocycles. The van der Waals surface area contributed by atoms with E-state index in [1.165, 1.54) is 46.6 Å². The van der Waals surface area contributed by atoms with Gasteiger partial charge in [-0.2, -0.15) is 13.2 Å². The Morgan fingerprint density at radius 3 is 2.39 bits per heavy atom. The van der Waals surface area contributed by atoms with Crippen LogP contribution in [0.5, 0.6) is 11.5 Å². The van der Waals surface area contributed by atoms with Crippen LogP contribution in [0, 0.1) is 0 Å². The van der Waals surface area contributed by atoms with Crippen molar-refractivity contribution < 1.29 is 27.8 Å². The van der Waals surface area contributed by atoms with Gasteiger partial charge in [-0.25, -0.2) is 0 Å². The van der Waals surface area contributed by atoms with Crippen LogP contribution in [-0.4, -0.2) is 35.3 Å². The topological polar surface area (TPSA) is 87.8 Å². The van der Waals surface area contributed by atoms with Gasteiger partial charge in [0.2, 0.25) is 0 Å². The number of carbonyl (C=O) groups is 1. The van der Waals surface area contributed by atoms with E-state index in [4.69, 9.17) is 10.5 Å². The van der Waals surface area contributed by atoms with Crippen molar-refractivity contribution in [3.63, 3.8) is 0 Å². The predicted octanol–water partition coefficient (Wildman–Crippen LogP) is 4.50. The molecule has 3 rings (SSSR count). The first-order valence-electron chi connectivity index (χ1n) is 10.2. The number of rotatable bonds is 9. The Morgan fingerprint density at radius 2 is 1.73 bits per heavy atom. The van der Waals surface area contributed by atoms with E-state index in [1.807, 2.05) is 30.3 Å². The van der Waals surface area contributed by atoms with Gasteiger partial charge in [0, 0.05) is 30.9 Å². The summed E-state index contributed by atoms with van der Waals surface area (Å²) in [5, 5.41) is 11.8. The van der Waals surface area contributed by atoms with Crippen molar-refractivity contribution >= 4 is 11.6 Å². The third-order valence-corrected chi connectivity index (χ3v) is 4.78. The standard InChI is InChI=1S/C24H24F3N3O3/c25-24(26,27)29-20-9-5-4-8-19(20)15-30(13-12-28)23(32)18-10-11-22(21(31)14-18)33-16-17-6-2-1-3-7-17/h1-11,14,29,31H,12-13,15-16,28H2. The molecule has 0 radical (unpaired) electrons. The number of benzene rings is 3. The fraction of sp³-hybridized carbons (Fsp3) is 0.208. The molecule has 0 saturated heterocycles. The number of nitrogens with one attached hydrogen (secondary N) is 1. The number of alkyl halides is 3. The molecule has 9 heteroatoms. The third kappa shape index (κ3) is 6.88. The molecule has 4 N–H and O–H groups in total. The van der Waals surface area contributed by atoms with Crippen LogP contribution in [0.4, 0.5) is 18.9 Å². The first kappa shape index (κ1) is 23.9. The first-order chi connectivity index (χ1) is 15.8. The highest BCUT2D eigenvalue weighted by atomic mass is 19.4. The number of hydrogen-bond acceptors (Lipinski definition) is 5. The molecule has 6 nitrogen and oxygen atoms in total. The smallest absolute Gasteiger partial charge is 0.482 e. The summed E-state index contributed by atoms with van der Waals surface area (Å²) in [5.74, 6) is -0.490. The quantitative estimate of drug-likeness (QED) is 0.410. The summed E-state index contributed by atoms with van der Waals surface area (Å²) < 4.78 is 44.1. The van der Waals surface area contributed by atoms with Gasteiger partial charge in [0.15, 0.2) is 11.5 Å². The molecule has 3 aromatic carbocycles. The van der Waals surface area contributed by atoms with Gasteiger partial charge in [0.1, 0.15) is 6.61 Å². The van der Waals surface area contributed by atoms with Crippen molar-refractivity contribution in [2.45, 2.75) is 19.5 Å². The lowest BCUT2D eigenvalue weighted by Crippen LogP contribution is -2.35. The van der Waals surface area contributed by atoms with E-state index in [-0.39, 0.29) is 54.6 Å². The SMILES string of the molecule is NCCN(Cc1ccccc1NC(F)(F)F)C(=O)c1ccc(OCc2ccccc2)c(O)c1. The maximum atomic E-state index is 13.1. The van der Waals surface area contributed by atoms with E-state index < -0.39 is 12.2 Å². The van der Waals surface area contributed by atoms with Gasteiger partial charge >= 0.3 is 6.30 Å². The lowest BCUT2D eigenvalue weighted by molar-refractivity contribution is -0.1000. The molecule has 1 amide bonds. The second-order valence-corrected chi connectivity index (χ2v) is 7.25. The average Bonchev–Trinajstić information content (AvgIpc) is 2.78. The van der Waals surface area contributed by atoms with Crippen LogP contribution < -0.4 is 15.8 Å². The number of phenols is 1. The Labute approximate surface area is 189 Å². The molecule has 0 aliphatic rings. The van der Waals surface area contributed by atoms with E-state index in [1.54, 1.807) is 6.07 Å². The van der Waals surface area contributed by atoms with Gasteiger partial charge in [0.25, 0.3) is 5.91 Å². The molecule has 0 aromatic heterocycles. The molecule has 0 fully saturated rings. The molecular weight excluding hydrogens is 435 g/mol. The number of nitrogens with two attached hydrogens (primary N) is 1. The maximum absolute atomic E-state index is 13.1. The minimum absolute atomic E-state index is 0.0949. The molecule has 0 atom stereocenters. The lowest BCUT2D eigenvalue weighted by atomic mass is 10.1. The van der Waals surface area contributed by atoms with Crippen molar-refractivity contribution in [1.82, 2.24) is 4.90 Å². The Bertz CT molecular complexity index is 1080. The van der Waals surface area contributed by atoms with Gasteiger partial charge in [-0.05, 0) is 35.4 Å². The summed E-state index contributed by atoms with van der Waals surface area (Å²) in [6.07, 6.45) is -4.61. The molecule has 3 aromatic rings. The zero-order valence-electron chi connectivity index (χ0n) is 17.7. The number of aromatic hydroxyl groups is 1. The second-order valence-electron chi connectivity index (χ2n) is 7.25. The summed E-state index contributed by atoms with van der Waals surface area (Å²) in [6.45, 7) is 0.378. The number of amides is 1. The van der Waals surface area contributed by atoms with E-state index >= 15 is 0 Å². The largest absolute Gasteiger partial charge is 0.504 e. The number of ether oxygens (including phenoxy) is 1. The van der Waals surface area contributed by atoms with Crippen molar-refractivity contribution in [1.29, 1.82) is 0 Å². The zero-order chi connectivity index (χ0) is 23.8. The third-order valence-electron chi connectivity index (χ3n) is 4.78. The van der Waals surface area contributed by atoms with Crippen molar-refractivity contribution in [3.05, 3.63) is 89.5 Å². The van der Waals surface area contributed by atoms with E-state index in [0.717, 1.165) is 5.56 Å². The number of carbonyl (C=O) groups excluding carboxylic acids is 1. The summed E-state index contributed by atoms with van der Waals surface area (Å²) in [5.41, 5.74) is 6.84. The molecule has 0 unspecified atom stereocenters.